The standard InChI is InChI=1S/C14H21N3O3.2ClH/c1-14(18,11-20-2)17-9-7-16(8-10-17)13-5-3-12(15-19)4-6-13;;/h3-6,18H,7-11H2,1-2H3;2*1H. The lowest BCUT2D eigenvalue weighted by Gasteiger charge is -2.43. The number of anilines is 1. The molecular weight excluding hydrogens is 329 g/mol. The minimum absolute atomic E-state index is 0. The third kappa shape index (κ3) is 5.07. The van der Waals surface area contributed by atoms with Crippen molar-refractivity contribution in [1.29, 1.82) is 0 Å². The van der Waals surface area contributed by atoms with Crippen molar-refractivity contribution in [1.82, 2.24) is 4.90 Å². The molecule has 22 heavy (non-hydrogen) atoms. The van der Waals surface area contributed by atoms with Crippen LogP contribution in [0, 0.1) is 4.91 Å². The summed E-state index contributed by atoms with van der Waals surface area (Å²) >= 11 is 0. The van der Waals surface area contributed by atoms with Crippen LogP contribution in [-0.2, 0) is 4.74 Å². The molecule has 0 aromatic heterocycles. The van der Waals surface area contributed by atoms with Crippen LogP contribution < -0.4 is 4.90 Å². The summed E-state index contributed by atoms with van der Waals surface area (Å²) in [5, 5.41) is 13.2. The molecule has 1 aromatic carbocycles. The number of methoxy groups -OCH3 is 1. The third-order valence-electron chi connectivity index (χ3n) is 3.70. The van der Waals surface area contributed by atoms with Gasteiger partial charge in [-0.2, -0.15) is 0 Å². The number of rotatable bonds is 5. The summed E-state index contributed by atoms with van der Waals surface area (Å²) in [6.45, 7) is 5.26. The van der Waals surface area contributed by atoms with E-state index >= 15 is 0 Å². The van der Waals surface area contributed by atoms with Crippen molar-refractivity contribution in [2.24, 2.45) is 5.18 Å². The fourth-order valence-electron chi connectivity index (χ4n) is 2.54. The number of halogens is 2. The van der Waals surface area contributed by atoms with E-state index in [2.05, 4.69) is 10.1 Å². The van der Waals surface area contributed by atoms with Crippen molar-refractivity contribution >= 4 is 36.2 Å². The van der Waals surface area contributed by atoms with Gasteiger partial charge >= 0.3 is 0 Å². The second-order valence-corrected chi connectivity index (χ2v) is 5.23. The molecule has 1 aromatic rings. The number of hydrogen-bond acceptors (Lipinski definition) is 6. The fourth-order valence-corrected chi connectivity index (χ4v) is 2.54. The van der Waals surface area contributed by atoms with Crippen molar-refractivity contribution in [2.75, 3.05) is 44.8 Å². The number of ether oxygens (including phenoxy) is 1. The minimum atomic E-state index is -0.924. The molecule has 0 amide bonds. The number of nitrogens with zero attached hydrogens (tertiary/aromatic N) is 3. The van der Waals surface area contributed by atoms with Gasteiger partial charge in [-0.1, -0.05) is 0 Å². The lowest BCUT2D eigenvalue weighted by atomic mass is 10.1. The molecule has 1 aliphatic heterocycles. The summed E-state index contributed by atoms with van der Waals surface area (Å²) in [6, 6.07) is 7.24. The van der Waals surface area contributed by atoms with E-state index in [0.717, 1.165) is 31.9 Å². The Morgan fingerprint density at radius 2 is 1.73 bits per heavy atom. The highest BCUT2D eigenvalue weighted by atomic mass is 35.5. The summed E-state index contributed by atoms with van der Waals surface area (Å²) in [6.07, 6.45) is 0. The molecule has 8 heteroatoms. The average Bonchev–Trinajstić information content (AvgIpc) is 2.47. The van der Waals surface area contributed by atoms with Gasteiger partial charge in [0.1, 0.15) is 11.4 Å². The molecule has 6 nitrogen and oxygen atoms in total. The first kappa shape index (κ1) is 21.1. The molecule has 1 fully saturated rings. The fraction of sp³-hybridized carbons (Fsp3) is 0.571. The van der Waals surface area contributed by atoms with Crippen LogP contribution >= 0.6 is 24.8 Å². The molecule has 1 atom stereocenters. The zero-order valence-electron chi connectivity index (χ0n) is 12.8. The molecule has 0 spiro atoms. The molecule has 1 unspecified atom stereocenters. The van der Waals surface area contributed by atoms with Crippen LogP contribution in [-0.4, -0.2) is 55.6 Å². The highest BCUT2D eigenvalue weighted by Gasteiger charge is 2.31. The van der Waals surface area contributed by atoms with Gasteiger partial charge in [-0.15, -0.1) is 29.7 Å². The lowest BCUT2D eigenvalue weighted by Crippen LogP contribution is -2.57. The van der Waals surface area contributed by atoms with Crippen molar-refractivity contribution in [3.8, 4) is 0 Å². The molecule has 0 saturated carbocycles. The maximum absolute atomic E-state index is 10.4. The molecule has 0 radical (unpaired) electrons. The number of piperazine rings is 1. The molecule has 0 aliphatic carbocycles. The Morgan fingerprint density at radius 3 is 2.18 bits per heavy atom. The van der Waals surface area contributed by atoms with Gasteiger partial charge in [0.05, 0.1) is 6.61 Å². The van der Waals surface area contributed by atoms with Gasteiger partial charge in [0.25, 0.3) is 0 Å². The molecule has 0 bridgehead atoms. The van der Waals surface area contributed by atoms with E-state index in [1.165, 1.54) is 0 Å². The smallest absolute Gasteiger partial charge is 0.139 e. The van der Waals surface area contributed by atoms with Crippen molar-refractivity contribution in [3.63, 3.8) is 0 Å². The molecule has 2 rings (SSSR count). The van der Waals surface area contributed by atoms with E-state index in [1.54, 1.807) is 26.2 Å². The van der Waals surface area contributed by atoms with Crippen molar-refractivity contribution < 1.29 is 9.84 Å². The van der Waals surface area contributed by atoms with E-state index < -0.39 is 5.72 Å². The largest absolute Gasteiger partial charge is 0.380 e. The van der Waals surface area contributed by atoms with Crippen LogP contribution in [0.2, 0.25) is 0 Å². The Kier molecular flexibility index (Phi) is 8.88. The summed E-state index contributed by atoms with van der Waals surface area (Å²) < 4.78 is 5.05. The van der Waals surface area contributed by atoms with Crippen LogP contribution in [0.3, 0.4) is 0 Å². The Balaban J connectivity index is 0.00000220. The maximum Gasteiger partial charge on any atom is 0.139 e. The van der Waals surface area contributed by atoms with Crippen LogP contribution in [0.15, 0.2) is 29.4 Å². The SMILES string of the molecule is COCC(C)(O)N1CCN(c2ccc(N=O)cc2)CC1.Cl.Cl. The van der Waals surface area contributed by atoms with Crippen LogP contribution in [0.5, 0.6) is 0 Å². The summed E-state index contributed by atoms with van der Waals surface area (Å²) in [7, 11) is 1.59. The first-order chi connectivity index (χ1) is 9.56. The Hall–Kier alpha value is -0.920. The van der Waals surface area contributed by atoms with Crippen LogP contribution in [0.4, 0.5) is 11.4 Å². The second kappa shape index (κ2) is 9.27. The zero-order valence-corrected chi connectivity index (χ0v) is 14.4. The molecule has 126 valence electrons. The minimum Gasteiger partial charge on any atom is -0.380 e. The van der Waals surface area contributed by atoms with E-state index in [4.69, 9.17) is 4.74 Å². The molecular formula is C14H23Cl2N3O3. The van der Waals surface area contributed by atoms with Gasteiger partial charge in [-0.3, -0.25) is 4.90 Å². The third-order valence-corrected chi connectivity index (χ3v) is 3.70. The Bertz CT molecular complexity index is 449. The van der Waals surface area contributed by atoms with Gasteiger partial charge in [-0.25, -0.2) is 0 Å². The van der Waals surface area contributed by atoms with Gasteiger partial charge in [0, 0.05) is 39.0 Å². The number of hydrogen-bond donors (Lipinski definition) is 1. The van der Waals surface area contributed by atoms with Gasteiger partial charge < -0.3 is 14.7 Å². The summed E-state index contributed by atoms with van der Waals surface area (Å²) in [5.41, 5.74) is 0.588. The highest BCUT2D eigenvalue weighted by Crippen LogP contribution is 2.22. The Labute approximate surface area is 143 Å². The average molecular weight is 352 g/mol. The summed E-state index contributed by atoms with van der Waals surface area (Å²) in [4.78, 5) is 14.7. The summed E-state index contributed by atoms with van der Waals surface area (Å²) in [5.74, 6) is 0. The number of aliphatic hydroxyl groups is 1. The van der Waals surface area contributed by atoms with E-state index in [-0.39, 0.29) is 24.8 Å². The maximum atomic E-state index is 10.4. The van der Waals surface area contributed by atoms with Crippen molar-refractivity contribution in [3.05, 3.63) is 29.2 Å². The zero-order chi connectivity index (χ0) is 14.6. The predicted molar refractivity (Wildman–Crippen MR) is 92.7 cm³/mol. The highest BCUT2D eigenvalue weighted by molar-refractivity contribution is 5.85. The topological polar surface area (TPSA) is 65.4 Å². The van der Waals surface area contributed by atoms with E-state index in [9.17, 15) is 10.0 Å². The quantitative estimate of drug-likeness (QED) is 0.825. The van der Waals surface area contributed by atoms with E-state index in [1.807, 2.05) is 17.0 Å². The normalized spacial score (nSPS) is 17.9. The lowest BCUT2D eigenvalue weighted by molar-refractivity contribution is -0.134. The first-order valence-electron chi connectivity index (χ1n) is 6.71. The van der Waals surface area contributed by atoms with Crippen LogP contribution in [0.1, 0.15) is 6.92 Å². The number of benzene rings is 1. The molecule has 1 N–H and O–H groups in total. The first-order valence-corrected chi connectivity index (χ1v) is 6.71. The number of nitroso groups, excluding NO2 is 1. The van der Waals surface area contributed by atoms with Gasteiger partial charge in [0.15, 0.2) is 0 Å². The molecule has 1 aliphatic rings. The Morgan fingerprint density at radius 1 is 1.18 bits per heavy atom. The van der Waals surface area contributed by atoms with E-state index in [0.29, 0.717) is 12.3 Å². The second-order valence-electron chi connectivity index (χ2n) is 5.23. The predicted octanol–water partition coefficient (Wildman–Crippen LogP) is 2.41. The molecule has 1 heterocycles. The van der Waals surface area contributed by atoms with Crippen molar-refractivity contribution in [2.45, 2.75) is 12.6 Å². The van der Waals surface area contributed by atoms with Crippen LogP contribution in [0.25, 0.3) is 0 Å². The monoisotopic (exact) mass is 351 g/mol. The van der Waals surface area contributed by atoms with Gasteiger partial charge in [-0.05, 0) is 36.4 Å². The van der Waals surface area contributed by atoms with Gasteiger partial charge in [0.2, 0.25) is 0 Å². The molecule has 1 saturated heterocycles.